The number of ether oxygens (including phenoxy) is 1. The van der Waals surface area contributed by atoms with Crippen molar-refractivity contribution >= 4 is 29.3 Å². The van der Waals surface area contributed by atoms with E-state index >= 15 is 0 Å². The third kappa shape index (κ3) is 4.29. The summed E-state index contributed by atoms with van der Waals surface area (Å²) in [4.78, 5) is 24.3. The molecule has 0 radical (unpaired) electrons. The van der Waals surface area contributed by atoms with Crippen LogP contribution in [0.15, 0.2) is 48.5 Å². The number of benzene rings is 1. The first-order chi connectivity index (χ1) is 10.1. The lowest BCUT2D eigenvalue weighted by Gasteiger charge is -2.06. The summed E-state index contributed by atoms with van der Waals surface area (Å²) < 4.78 is 4.83. The molecule has 2 aromatic rings. The zero-order valence-corrected chi connectivity index (χ0v) is 12.3. The van der Waals surface area contributed by atoms with E-state index in [2.05, 4.69) is 0 Å². The SMILES string of the molecule is CC(OC(=O)C=Cc1ccc(-c2ccccc2)s1)C(N)=O. The number of thiophene rings is 1. The van der Waals surface area contributed by atoms with Crippen LogP contribution in [0.2, 0.25) is 0 Å². The van der Waals surface area contributed by atoms with Gasteiger partial charge in [-0.15, -0.1) is 11.3 Å². The Bertz CT molecular complexity index is 661. The van der Waals surface area contributed by atoms with Crippen molar-refractivity contribution in [1.29, 1.82) is 0 Å². The average molecular weight is 301 g/mol. The fourth-order valence-corrected chi connectivity index (χ4v) is 2.54. The first-order valence-electron chi connectivity index (χ1n) is 6.39. The van der Waals surface area contributed by atoms with Gasteiger partial charge in [0.15, 0.2) is 6.10 Å². The zero-order valence-electron chi connectivity index (χ0n) is 11.5. The van der Waals surface area contributed by atoms with Crippen LogP contribution in [-0.2, 0) is 14.3 Å². The van der Waals surface area contributed by atoms with Crippen LogP contribution in [0.4, 0.5) is 0 Å². The number of rotatable bonds is 5. The van der Waals surface area contributed by atoms with Crippen LogP contribution in [0.1, 0.15) is 11.8 Å². The Kier molecular flexibility index (Phi) is 4.90. The summed E-state index contributed by atoms with van der Waals surface area (Å²) in [6.07, 6.45) is 2.03. The standard InChI is InChI=1S/C16H15NO3S/c1-11(16(17)19)20-15(18)10-8-13-7-9-14(21-13)12-5-3-2-4-6-12/h2-11H,1H3,(H2,17,19). The van der Waals surface area contributed by atoms with Crippen molar-refractivity contribution in [2.24, 2.45) is 5.73 Å². The molecule has 1 heterocycles. The number of hydrogen-bond donors (Lipinski definition) is 1. The predicted molar refractivity (Wildman–Crippen MR) is 83.5 cm³/mol. The van der Waals surface area contributed by atoms with E-state index in [-0.39, 0.29) is 0 Å². The van der Waals surface area contributed by atoms with Crippen molar-refractivity contribution in [3.63, 3.8) is 0 Å². The van der Waals surface area contributed by atoms with Gasteiger partial charge in [-0.05, 0) is 30.7 Å². The average Bonchev–Trinajstić information content (AvgIpc) is 2.95. The third-order valence-electron chi connectivity index (χ3n) is 2.76. The molecule has 4 nitrogen and oxygen atoms in total. The highest BCUT2D eigenvalue weighted by molar-refractivity contribution is 7.16. The molecule has 0 aliphatic heterocycles. The number of primary amides is 1. The van der Waals surface area contributed by atoms with Crippen molar-refractivity contribution in [3.8, 4) is 10.4 Å². The third-order valence-corrected chi connectivity index (χ3v) is 3.86. The smallest absolute Gasteiger partial charge is 0.331 e. The number of esters is 1. The topological polar surface area (TPSA) is 69.4 Å². The maximum atomic E-state index is 11.5. The van der Waals surface area contributed by atoms with Crippen LogP contribution in [0.5, 0.6) is 0 Å². The highest BCUT2D eigenvalue weighted by Gasteiger charge is 2.12. The Morgan fingerprint density at radius 3 is 2.57 bits per heavy atom. The molecule has 0 fully saturated rings. The molecule has 1 unspecified atom stereocenters. The monoisotopic (exact) mass is 301 g/mol. The Labute approximate surface area is 126 Å². The predicted octanol–water partition coefficient (Wildman–Crippen LogP) is 2.85. The number of hydrogen-bond acceptors (Lipinski definition) is 4. The fraction of sp³-hybridized carbons (Fsp3) is 0.125. The molecule has 0 saturated heterocycles. The van der Waals surface area contributed by atoms with Crippen LogP contribution >= 0.6 is 11.3 Å². The van der Waals surface area contributed by atoms with Gasteiger partial charge < -0.3 is 10.5 Å². The van der Waals surface area contributed by atoms with Crippen LogP contribution in [0, 0.1) is 0 Å². The molecular weight excluding hydrogens is 286 g/mol. The van der Waals surface area contributed by atoms with Gasteiger partial charge in [-0.2, -0.15) is 0 Å². The molecule has 0 aliphatic carbocycles. The second-order valence-corrected chi connectivity index (χ2v) is 5.50. The summed E-state index contributed by atoms with van der Waals surface area (Å²) in [7, 11) is 0. The Hall–Kier alpha value is -2.40. The first-order valence-corrected chi connectivity index (χ1v) is 7.21. The number of amides is 1. The molecule has 2 N–H and O–H groups in total. The maximum absolute atomic E-state index is 11.5. The first kappa shape index (κ1) is 15.0. The molecule has 1 amide bonds. The number of carbonyl (C=O) groups excluding carboxylic acids is 2. The number of carbonyl (C=O) groups is 2. The Morgan fingerprint density at radius 2 is 1.90 bits per heavy atom. The minimum absolute atomic E-state index is 0.587. The maximum Gasteiger partial charge on any atom is 0.331 e. The van der Waals surface area contributed by atoms with Crippen LogP contribution < -0.4 is 5.73 Å². The molecule has 0 saturated carbocycles. The summed E-state index contributed by atoms with van der Waals surface area (Å²) in [5, 5.41) is 0. The Balaban J connectivity index is 2.01. The lowest BCUT2D eigenvalue weighted by atomic mass is 10.2. The van der Waals surface area contributed by atoms with Crippen molar-refractivity contribution < 1.29 is 14.3 Å². The van der Waals surface area contributed by atoms with E-state index in [9.17, 15) is 9.59 Å². The van der Waals surface area contributed by atoms with Crippen molar-refractivity contribution in [1.82, 2.24) is 0 Å². The van der Waals surface area contributed by atoms with E-state index in [1.807, 2.05) is 42.5 Å². The molecule has 21 heavy (non-hydrogen) atoms. The van der Waals surface area contributed by atoms with E-state index in [1.54, 1.807) is 17.4 Å². The summed E-state index contributed by atoms with van der Waals surface area (Å²) >= 11 is 1.57. The van der Waals surface area contributed by atoms with Crippen molar-refractivity contribution in [2.45, 2.75) is 13.0 Å². The molecule has 1 atom stereocenters. The molecule has 0 bridgehead atoms. The van der Waals surface area contributed by atoms with E-state index < -0.39 is 18.0 Å². The lowest BCUT2D eigenvalue weighted by molar-refractivity contribution is -0.148. The highest BCUT2D eigenvalue weighted by atomic mass is 32.1. The lowest BCUT2D eigenvalue weighted by Crippen LogP contribution is -2.29. The fourth-order valence-electron chi connectivity index (χ4n) is 1.62. The van der Waals surface area contributed by atoms with Gasteiger partial charge in [0.1, 0.15) is 0 Å². The van der Waals surface area contributed by atoms with Crippen LogP contribution in [0.3, 0.4) is 0 Å². The van der Waals surface area contributed by atoms with Gasteiger partial charge in [0.05, 0.1) is 0 Å². The minimum Gasteiger partial charge on any atom is -0.449 e. The zero-order chi connectivity index (χ0) is 15.2. The van der Waals surface area contributed by atoms with E-state index in [1.165, 1.54) is 13.0 Å². The largest absolute Gasteiger partial charge is 0.449 e. The normalized spacial score (nSPS) is 12.2. The number of nitrogens with two attached hydrogens (primary N) is 1. The molecule has 108 valence electrons. The minimum atomic E-state index is -0.926. The molecular formula is C16H15NO3S. The molecule has 1 aromatic heterocycles. The van der Waals surface area contributed by atoms with Gasteiger partial charge in [0.2, 0.25) is 0 Å². The van der Waals surface area contributed by atoms with E-state index in [0.29, 0.717) is 0 Å². The van der Waals surface area contributed by atoms with Gasteiger partial charge in [-0.25, -0.2) is 4.79 Å². The van der Waals surface area contributed by atoms with Crippen LogP contribution in [-0.4, -0.2) is 18.0 Å². The van der Waals surface area contributed by atoms with Crippen LogP contribution in [0.25, 0.3) is 16.5 Å². The molecule has 0 aliphatic rings. The van der Waals surface area contributed by atoms with Gasteiger partial charge in [0.25, 0.3) is 5.91 Å². The Morgan fingerprint density at radius 1 is 1.19 bits per heavy atom. The summed E-state index contributed by atoms with van der Waals surface area (Å²) in [5.41, 5.74) is 6.15. The molecule has 5 heteroatoms. The quantitative estimate of drug-likeness (QED) is 0.682. The second kappa shape index (κ2) is 6.85. The van der Waals surface area contributed by atoms with Gasteiger partial charge >= 0.3 is 5.97 Å². The summed E-state index contributed by atoms with van der Waals surface area (Å²) in [6, 6.07) is 13.9. The van der Waals surface area contributed by atoms with Crippen molar-refractivity contribution in [2.75, 3.05) is 0 Å². The summed E-state index contributed by atoms with van der Waals surface area (Å²) in [5.74, 6) is -1.25. The van der Waals surface area contributed by atoms with Gasteiger partial charge in [0, 0.05) is 15.8 Å². The van der Waals surface area contributed by atoms with E-state index in [4.69, 9.17) is 10.5 Å². The molecule has 1 aromatic carbocycles. The molecule has 0 spiro atoms. The highest BCUT2D eigenvalue weighted by Crippen LogP contribution is 2.28. The van der Waals surface area contributed by atoms with Gasteiger partial charge in [-0.1, -0.05) is 30.3 Å². The second-order valence-electron chi connectivity index (χ2n) is 4.38. The summed E-state index contributed by atoms with van der Waals surface area (Å²) in [6.45, 7) is 1.44. The molecule has 2 rings (SSSR count). The van der Waals surface area contributed by atoms with E-state index in [0.717, 1.165) is 15.3 Å². The van der Waals surface area contributed by atoms with Gasteiger partial charge in [-0.3, -0.25) is 4.79 Å². The van der Waals surface area contributed by atoms with Crippen molar-refractivity contribution in [3.05, 3.63) is 53.4 Å².